The predicted molar refractivity (Wildman–Crippen MR) is 95.4 cm³/mol. The molecule has 7 nitrogen and oxygen atoms in total. The van der Waals surface area contributed by atoms with Gasteiger partial charge in [-0.2, -0.15) is 10.2 Å². The number of benzene rings is 1. The van der Waals surface area contributed by atoms with Gasteiger partial charge in [0.25, 0.3) is 5.78 Å². The molecule has 1 unspecified atom stereocenters. The molecule has 25 heavy (non-hydrogen) atoms. The molecule has 0 spiro atoms. The van der Waals surface area contributed by atoms with Gasteiger partial charge < -0.3 is 5.32 Å². The summed E-state index contributed by atoms with van der Waals surface area (Å²) in [6.45, 7) is 5.60. The lowest BCUT2D eigenvalue weighted by Gasteiger charge is -2.10. The number of aryl methyl sites for hydroxylation is 2. The number of aromatic nitrogens is 4. The molecular weight excluding hydrogens is 336 g/mol. The number of carbonyl (C=O) groups excluding carboxylic acids is 1. The molecule has 0 aliphatic rings. The van der Waals surface area contributed by atoms with Crippen LogP contribution in [0.2, 0.25) is 0 Å². The maximum atomic E-state index is 12.4. The first kappa shape index (κ1) is 16.9. The van der Waals surface area contributed by atoms with Gasteiger partial charge in [-0.05, 0) is 39.0 Å². The first-order chi connectivity index (χ1) is 12.0. The third-order valence-electron chi connectivity index (χ3n) is 3.56. The zero-order valence-electron chi connectivity index (χ0n) is 14.0. The Kier molecular flexibility index (Phi) is 4.67. The number of nitrogens with zero attached hydrogens (tertiary/aromatic N) is 5. The quantitative estimate of drug-likeness (QED) is 0.725. The Morgan fingerprint density at radius 1 is 1.32 bits per heavy atom. The maximum absolute atomic E-state index is 12.4. The number of thioether (sulfide) groups is 1. The van der Waals surface area contributed by atoms with E-state index in [-0.39, 0.29) is 5.91 Å². The molecule has 2 heterocycles. The Morgan fingerprint density at radius 3 is 2.84 bits per heavy atom. The van der Waals surface area contributed by atoms with E-state index in [4.69, 9.17) is 5.26 Å². The summed E-state index contributed by atoms with van der Waals surface area (Å²) < 4.78 is 1.66. The number of hydrogen-bond acceptors (Lipinski definition) is 6. The van der Waals surface area contributed by atoms with Crippen LogP contribution in [-0.2, 0) is 4.79 Å². The summed E-state index contributed by atoms with van der Waals surface area (Å²) in [7, 11) is 0. The van der Waals surface area contributed by atoms with Crippen molar-refractivity contribution in [2.75, 3.05) is 5.32 Å². The lowest BCUT2D eigenvalue weighted by molar-refractivity contribution is -0.115. The first-order valence-electron chi connectivity index (χ1n) is 7.65. The number of carbonyl (C=O) groups is 1. The Morgan fingerprint density at radius 2 is 2.08 bits per heavy atom. The molecule has 3 aromatic rings. The number of hydrogen-bond donors (Lipinski definition) is 1. The molecule has 0 saturated carbocycles. The van der Waals surface area contributed by atoms with Crippen molar-refractivity contribution >= 4 is 29.1 Å². The molecular formula is C17H16N6OS. The molecule has 1 amide bonds. The minimum Gasteiger partial charge on any atom is -0.324 e. The molecule has 3 rings (SSSR count). The SMILES string of the molecule is Cc1cc(C)n2nc(SC(C)C(=O)Nc3ccccc3C#N)nc2n1. The number of nitrogens with one attached hydrogen (secondary N) is 1. The lowest BCUT2D eigenvalue weighted by Crippen LogP contribution is -2.23. The predicted octanol–water partition coefficient (Wildman–Crippen LogP) is 2.73. The van der Waals surface area contributed by atoms with E-state index in [1.165, 1.54) is 11.8 Å². The summed E-state index contributed by atoms with van der Waals surface area (Å²) in [6.07, 6.45) is 0. The van der Waals surface area contributed by atoms with Gasteiger partial charge >= 0.3 is 0 Å². The largest absolute Gasteiger partial charge is 0.324 e. The first-order valence-corrected chi connectivity index (χ1v) is 8.53. The number of fused-ring (bicyclic) bond motifs is 1. The van der Waals surface area contributed by atoms with Gasteiger partial charge in [0.1, 0.15) is 6.07 Å². The second kappa shape index (κ2) is 6.91. The van der Waals surface area contributed by atoms with E-state index >= 15 is 0 Å². The van der Waals surface area contributed by atoms with Gasteiger partial charge in [0.15, 0.2) is 0 Å². The van der Waals surface area contributed by atoms with E-state index in [2.05, 4.69) is 26.5 Å². The summed E-state index contributed by atoms with van der Waals surface area (Å²) in [5, 5.41) is 16.3. The van der Waals surface area contributed by atoms with Crippen molar-refractivity contribution in [1.29, 1.82) is 5.26 Å². The summed E-state index contributed by atoms with van der Waals surface area (Å²) in [5.74, 6) is 0.301. The lowest BCUT2D eigenvalue weighted by atomic mass is 10.2. The van der Waals surface area contributed by atoms with E-state index in [0.717, 1.165) is 11.4 Å². The summed E-state index contributed by atoms with van der Waals surface area (Å²) in [6, 6.07) is 10.9. The van der Waals surface area contributed by atoms with Gasteiger partial charge in [-0.15, -0.1) is 5.10 Å². The van der Waals surface area contributed by atoms with Crippen LogP contribution in [0.5, 0.6) is 0 Å². The van der Waals surface area contributed by atoms with Crippen molar-refractivity contribution in [3.05, 3.63) is 47.3 Å². The van der Waals surface area contributed by atoms with Crippen molar-refractivity contribution in [2.45, 2.75) is 31.2 Å². The fourth-order valence-corrected chi connectivity index (χ4v) is 3.08. The number of rotatable bonds is 4. The summed E-state index contributed by atoms with van der Waals surface area (Å²) in [5.41, 5.74) is 2.72. The average Bonchev–Trinajstić information content (AvgIpc) is 2.97. The number of nitriles is 1. The van der Waals surface area contributed by atoms with Crippen LogP contribution in [0.4, 0.5) is 5.69 Å². The van der Waals surface area contributed by atoms with E-state index in [1.807, 2.05) is 19.9 Å². The molecule has 0 fully saturated rings. The van der Waals surface area contributed by atoms with E-state index in [0.29, 0.717) is 22.2 Å². The summed E-state index contributed by atoms with van der Waals surface area (Å²) >= 11 is 1.25. The highest BCUT2D eigenvalue weighted by Crippen LogP contribution is 2.23. The molecule has 0 radical (unpaired) electrons. The molecule has 0 bridgehead atoms. The average molecular weight is 352 g/mol. The Labute approximate surface area is 149 Å². The van der Waals surface area contributed by atoms with Crippen LogP contribution < -0.4 is 5.32 Å². The van der Waals surface area contributed by atoms with E-state index < -0.39 is 5.25 Å². The zero-order valence-corrected chi connectivity index (χ0v) is 14.8. The molecule has 1 atom stereocenters. The number of anilines is 1. The van der Waals surface area contributed by atoms with Crippen LogP contribution >= 0.6 is 11.8 Å². The van der Waals surface area contributed by atoms with Crippen LogP contribution in [0.15, 0.2) is 35.5 Å². The fourth-order valence-electron chi connectivity index (χ4n) is 2.33. The van der Waals surface area contributed by atoms with Crippen molar-refractivity contribution in [1.82, 2.24) is 19.6 Å². The minimum atomic E-state index is -0.425. The maximum Gasteiger partial charge on any atom is 0.253 e. The standard InChI is InChI=1S/C17H16N6OS/c1-10-8-11(2)23-16(19-10)21-17(22-23)25-12(3)15(24)20-14-7-5-4-6-13(14)9-18/h4-8,12H,1-3H3,(H,20,24). The third kappa shape index (κ3) is 3.61. The van der Waals surface area contributed by atoms with Crippen LogP contribution in [-0.4, -0.2) is 30.7 Å². The zero-order chi connectivity index (χ0) is 18.0. The van der Waals surface area contributed by atoms with Gasteiger partial charge in [0.2, 0.25) is 11.1 Å². The highest BCUT2D eigenvalue weighted by molar-refractivity contribution is 8.00. The molecule has 1 aromatic carbocycles. The monoisotopic (exact) mass is 352 g/mol. The van der Waals surface area contributed by atoms with Crippen LogP contribution in [0, 0.1) is 25.2 Å². The van der Waals surface area contributed by atoms with Gasteiger partial charge in [-0.1, -0.05) is 23.9 Å². The highest BCUT2D eigenvalue weighted by atomic mass is 32.2. The number of amides is 1. The number of para-hydroxylation sites is 1. The highest BCUT2D eigenvalue weighted by Gasteiger charge is 2.19. The van der Waals surface area contributed by atoms with E-state index in [1.54, 1.807) is 35.7 Å². The van der Waals surface area contributed by atoms with Crippen LogP contribution in [0.3, 0.4) is 0 Å². The third-order valence-corrected chi connectivity index (χ3v) is 4.51. The Hall–Kier alpha value is -2.92. The molecule has 8 heteroatoms. The smallest absolute Gasteiger partial charge is 0.253 e. The van der Waals surface area contributed by atoms with Crippen LogP contribution in [0.1, 0.15) is 23.9 Å². The van der Waals surface area contributed by atoms with E-state index in [9.17, 15) is 4.79 Å². The topological polar surface area (TPSA) is 96.0 Å². The molecule has 126 valence electrons. The molecule has 0 aliphatic heterocycles. The molecule has 0 saturated heterocycles. The van der Waals surface area contributed by atoms with Crippen molar-refractivity contribution in [3.63, 3.8) is 0 Å². The molecule has 1 N–H and O–H groups in total. The second-order valence-corrected chi connectivity index (χ2v) is 6.86. The van der Waals surface area contributed by atoms with Gasteiger partial charge in [-0.25, -0.2) is 9.50 Å². The summed E-state index contributed by atoms with van der Waals surface area (Å²) in [4.78, 5) is 21.1. The van der Waals surface area contributed by atoms with Gasteiger partial charge in [0, 0.05) is 11.4 Å². The minimum absolute atomic E-state index is 0.215. The molecule has 2 aromatic heterocycles. The van der Waals surface area contributed by atoms with Crippen molar-refractivity contribution in [3.8, 4) is 6.07 Å². The van der Waals surface area contributed by atoms with Crippen molar-refractivity contribution < 1.29 is 4.79 Å². The normalized spacial score (nSPS) is 11.9. The van der Waals surface area contributed by atoms with Gasteiger partial charge in [0.05, 0.1) is 16.5 Å². The molecule has 0 aliphatic carbocycles. The fraction of sp³-hybridized carbons (Fsp3) is 0.235. The Balaban J connectivity index is 1.75. The Bertz CT molecular complexity index is 990. The van der Waals surface area contributed by atoms with Crippen LogP contribution in [0.25, 0.3) is 5.78 Å². The second-order valence-electron chi connectivity index (χ2n) is 5.55. The van der Waals surface area contributed by atoms with Crippen molar-refractivity contribution in [2.24, 2.45) is 0 Å². The van der Waals surface area contributed by atoms with Gasteiger partial charge in [-0.3, -0.25) is 4.79 Å².